The third-order valence-electron chi connectivity index (χ3n) is 4.45. The Bertz CT molecular complexity index is 501. The van der Waals surface area contributed by atoms with Crippen LogP contribution < -0.4 is 4.90 Å². The Morgan fingerprint density at radius 3 is 2.04 bits per heavy atom. The van der Waals surface area contributed by atoms with Gasteiger partial charge in [-0.1, -0.05) is 31.0 Å². The number of carbonyl (C=O) groups excluding carboxylic acids is 2. The van der Waals surface area contributed by atoms with E-state index in [0.717, 1.165) is 44.5 Å². The van der Waals surface area contributed by atoms with E-state index in [-0.39, 0.29) is 5.91 Å². The van der Waals surface area contributed by atoms with Crippen molar-refractivity contribution in [2.75, 3.05) is 25.0 Å². The van der Waals surface area contributed by atoms with Gasteiger partial charge in [0.25, 0.3) is 0 Å². The lowest BCUT2D eigenvalue weighted by atomic mass is 10.2. The molecular weight excluding hydrogens is 288 g/mol. The molecule has 2 aliphatic heterocycles. The molecule has 126 valence electrons. The van der Waals surface area contributed by atoms with E-state index >= 15 is 0 Å². The Balaban J connectivity index is 0.000000185. The second-order valence-electron chi connectivity index (χ2n) is 6.32. The summed E-state index contributed by atoms with van der Waals surface area (Å²) in [5, 5.41) is 0. The van der Waals surface area contributed by atoms with E-state index in [4.69, 9.17) is 0 Å². The van der Waals surface area contributed by atoms with Gasteiger partial charge >= 0.3 is 0 Å². The number of likely N-dealkylation sites (tertiary alicyclic amines) is 1. The van der Waals surface area contributed by atoms with E-state index in [9.17, 15) is 9.59 Å². The molecule has 0 N–H and O–H groups in total. The first-order chi connectivity index (χ1) is 11.2. The minimum Gasteiger partial charge on any atom is -0.346 e. The largest absolute Gasteiger partial charge is 0.346 e. The molecule has 0 atom stereocenters. The Labute approximate surface area is 139 Å². The van der Waals surface area contributed by atoms with Crippen LogP contribution in [0.2, 0.25) is 0 Å². The molecule has 2 fully saturated rings. The molecule has 2 aliphatic rings. The minimum absolute atomic E-state index is 0.272. The average Bonchev–Trinajstić information content (AvgIpc) is 2.90. The smallest absolute Gasteiger partial charge is 0.226 e. The molecule has 0 radical (unpaired) electrons. The van der Waals surface area contributed by atoms with Gasteiger partial charge in [-0.15, -0.1) is 0 Å². The molecule has 1 aromatic carbocycles. The van der Waals surface area contributed by atoms with Crippen LogP contribution in [0.25, 0.3) is 0 Å². The summed E-state index contributed by atoms with van der Waals surface area (Å²) in [5.41, 5.74) is 1.04. The van der Waals surface area contributed by atoms with Crippen molar-refractivity contribution in [1.29, 1.82) is 0 Å². The maximum absolute atomic E-state index is 11.7. The number of nitrogens with zero attached hydrogens (tertiary/aromatic N) is 2. The summed E-state index contributed by atoms with van der Waals surface area (Å²) < 4.78 is 0. The lowest BCUT2D eigenvalue weighted by Crippen LogP contribution is -2.29. The van der Waals surface area contributed by atoms with Crippen LogP contribution in [-0.4, -0.2) is 36.9 Å². The van der Waals surface area contributed by atoms with Gasteiger partial charge in [0.15, 0.2) is 0 Å². The van der Waals surface area contributed by atoms with Crippen LogP contribution in [0.4, 0.5) is 5.69 Å². The molecule has 2 heterocycles. The van der Waals surface area contributed by atoms with Crippen molar-refractivity contribution in [3.63, 3.8) is 0 Å². The van der Waals surface area contributed by atoms with Crippen molar-refractivity contribution in [2.45, 2.75) is 51.4 Å². The first-order valence-electron chi connectivity index (χ1n) is 8.78. The third kappa shape index (κ3) is 5.70. The Kier molecular flexibility index (Phi) is 7.11. The number of benzene rings is 1. The molecule has 2 saturated heterocycles. The second-order valence-corrected chi connectivity index (χ2v) is 6.32. The summed E-state index contributed by atoms with van der Waals surface area (Å²) in [4.78, 5) is 26.4. The van der Waals surface area contributed by atoms with Gasteiger partial charge in [-0.2, -0.15) is 0 Å². The van der Waals surface area contributed by atoms with Crippen molar-refractivity contribution >= 4 is 17.5 Å². The van der Waals surface area contributed by atoms with Crippen LogP contribution in [-0.2, 0) is 9.59 Å². The number of anilines is 1. The van der Waals surface area contributed by atoms with Crippen molar-refractivity contribution < 1.29 is 9.59 Å². The van der Waals surface area contributed by atoms with Crippen molar-refractivity contribution in [1.82, 2.24) is 4.90 Å². The number of hydrogen-bond donors (Lipinski definition) is 0. The molecule has 0 bridgehead atoms. The highest BCUT2D eigenvalue weighted by Crippen LogP contribution is 2.19. The Hall–Kier alpha value is -1.84. The van der Waals surface area contributed by atoms with Gasteiger partial charge in [-0.25, -0.2) is 0 Å². The number of para-hydroxylation sites is 1. The summed E-state index contributed by atoms with van der Waals surface area (Å²) in [6.45, 7) is 1.84. The maximum Gasteiger partial charge on any atom is 0.226 e. The second kappa shape index (κ2) is 9.33. The Morgan fingerprint density at radius 1 is 0.739 bits per heavy atom. The molecule has 0 unspecified atom stereocenters. The van der Waals surface area contributed by atoms with Crippen molar-refractivity contribution in [3.8, 4) is 0 Å². The highest BCUT2D eigenvalue weighted by atomic mass is 16.2. The minimum atomic E-state index is 0.272. The van der Waals surface area contributed by atoms with Crippen molar-refractivity contribution in [2.24, 2.45) is 0 Å². The van der Waals surface area contributed by atoms with E-state index in [1.165, 1.54) is 19.3 Å². The predicted molar refractivity (Wildman–Crippen MR) is 93.4 cm³/mol. The van der Waals surface area contributed by atoms with Crippen molar-refractivity contribution in [3.05, 3.63) is 30.3 Å². The Morgan fingerprint density at radius 2 is 1.35 bits per heavy atom. The molecule has 3 rings (SSSR count). The standard InChI is InChI=1S/C12H15NO.C7H13NO/c14-12-9-5-2-6-10-13(12)11-7-3-1-4-8-11;1-8-6-4-2-3-5-7(8)9/h1,3-4,7-8H,2,5-6,9-10H2;2-6H2,1H3. The van der Waals surface area contributed by atoms with Gasteiger partial charge in [-0.3, -0.25) is 9.59 Å². The lowest BCUT2D eigenvalue weighted by Gasteiger charge is -2.20. The maximum atomic E-state index is 11.7. The molecule has 1 aromatic rings. The fraction of sp³-hybridized carbons (Fsp3) is 0.579. The SMILES string of the molecule is CN1CCCCCC1=O.O=C1CCCCCN1c1ccccc1. The van der Waals surface area contributed by atoms with Crippen LogP contribution in [0, 0.1) is 0 Å². The molecule has 4 heteroatoms. The quantitative estimate of drug-likeness (QED) is 0.794. The zero-order chi connectivity index (χ0) is 16.5. The van der Waals surface area contributed by atoms with Gasteiger partial charge in [0.1, 0.15) is 0 Å². The monoisotopic (exact) mass is 316 g/mol. The van der Waals surface area contributed by atoms with E-state index in [0.29, 0.717) is 12.3 Å². The van der Waals surface area contributed by atoms with E-state index in [2.05, 4.69) is 0 Å². The van der Waals surface area contributed by atoms with Gasteiger partial charge in [-0.05, 0) is 37.8 Å². The van der Waals surface area contributed by atoms with Gasteiger partial charge in [0.2, 0.25) is 11.8 Å². The predicted octanol–water partition coefficient (Wildman–Crippen LogP) is 3.61. The van der Waals surface area contributed by atoms with Gasteiger partial charge < -0.3 is 9.80 Å². The van der Waals surface area contributed by atoms with Crippen LogP contribution in [0.15, 0.2) is 30.3 Å². The first kappa shape index (κ1) is 17.5. The highest BCUT2D eigenvalue weighted by molar-refractivity contribution is 5.93. The molecule has 23 heavy (non-hydrogen) atoms. The number of amides is 2. The summed E-state index contributed by atoms with van der Waals surface area (Å²) in [5.74, 6) is 0.584. The fourth-order valence-corrected chi connectivity index (χ4v) is 2.98. The van der Waals surface area contributed by atoms with E-state index in [1.807, 2.05) is 47.2 Å². The molecule has 0 aliphatic carbocycles. The highest BCUT2D eigenvalue weighted by Gasteiger charge is 2.17. The zero-order valence-electron chi connectivity index (χ0n) is 14.2. The molecule has 2 amide bonds. The van der Waals surface area contributed by atoms with Crippen LogP contribution in [0.5, 0.6) is 0 Å². The number of carbonyl (C=O) groups is 2. The van der Waals surface area contributed by atoms with Gasteiger partial charge in [0, 0.05) is 38.7 Å². The summed E-state index contributed by atoms with van der Waals surface area (Å²) in [6.07, 6.45) is 8.30. The first-order valence-corrected chi connectivity index (χ1v) is 8.78. The normalized spacial score (nSPS) is 19.5. The number of hydrogen-bond acceptors (Lipinski definition) is 2. The number of rotatable bonds is 1. The zero-order valence-corrected chi connectivity index (χ0v) is 14.2. The van der Waals surface area contributed by atoms with Crippen LogP contribution in [0.3, 0.4) is 0 Å². The summed E-state index contributed by atoms with van der Waals surface area (Å²) >= 11 is 0. The van der Waals surface area contributed by atoms with E-state index < -0.39 is 0 Å². The average molecular weight is 316 g/mol. The van der Waals surface area contributed by atoms with E-state index in [1.54, 1.807) is 0 Å². The summed E-state index contributed by atoms with van der Waals surface area (Å²) in [7, 11) is 1.88. The lowest BCUT2D eigenvalue weighted by molar-refractivity contribution is -0.129. The molecule has 0 spiro atoms. The third-order valence-corrected chi connectivity index (χ3v) is 4.45. The topological polar surface area (TPSA) is 40.6 Å². The molecule has 0 aromatic heterocycles. The van der Waals surface area contributed by atoms with Gasteiger partial charge in [0.05, 0.1) is 0 Å². The molecule has 4 nitrogen and oxygen atoms in total. The summed E-state index contributed by atoms with van der Waals surface area (Å²) in [6, 6.07) is 9.94. The molecular formula is C19H28N2O2. The van der Waals surface area contributed by atoms with Crippen LogP contribution >= 0.6 is 0 Å². The van der Waals surface area contributed by atoms with Crippen LogP contribution in [0.1, 0.15) is 51.4 Å². The fourth-order valence-electron chi connectivity index (χ4n) is 2.98. The molecule has 0 saturated carbocycles.